The van der Waals surface area contributed by atoms with E-state index in [1.54, 1.807) is 0 Å². The highest BCUT2D eigenvalue weighted by Crippen LogP contribution is 2.32. The zero-order valence-electron chi connectivity index (χ0n) is 7.46. The van der Waals surface area contributed by atoms with Crippen LogP contribution in [0.4, 0.5) is 0 Å². The van der Waals surface area contributed by atoms with Crippen molar-refractivity contribution in [2.75, 3.05) is 0 Å². The maximum absolute atomic E-state index is 11.0. The number of esters is 1. The molecule has 0 aliphatic carbocycles. The second-order valence-corrected chi connectivity index (χ2v) is 3.29. The molecule has 1 heterocycles. The average molecular weight is 156 g/mol. The lowest BCUT2D eigenvalue weighted by Gasteiger charge is -2.37. The third kappa shape index (κ3) is 1.39. The summed E-state index contributed by atoms with van der Waals surface area (Å²) in [4.78, 5) is 11.0. The van der Waals surface area contributed by atoms with Crippen LogP contribution in [-0.2, 0) is 9.53 Å². The molecule has 1 saturated heterocycles. The lowest BCUT2D eigenvalue weighted by molar-refractivity contribution is -0.190. The molecule has 0 bridgehead atoms. The molecule has 1 aliphatic heterocycles. The van der Waals surface area contributed by atoms with Gasteiger partial charge in [0, 0.05) is 0 Å². The molecule has 0 amide bonds. The van der Waals surface area contributed by atoms with Crippen molar-refractivity contribution in [2.24, 2.45) is 11.8 Å². The molecule has 3 atom stereocenters. The number of carbonyl (C=O) groups is 1. The Balaban J connectivity index is 2.48. The van der Waals surface area contributed by atoms with Crippen LogP contribution >= 0.6 is 0 Å². The molecule has 2 heteroatoms. The summed E-state index contributed by atoms with van der Waals surface area (Å²) in [5.74, 6) is 0.678. The van der Waals surface area contributed by atoms with Gasteiger partial charge in [-0.2, -0.15) is 0 Å². The van der Waals surface area contributed by atoms with Crippen molar-refractivity contribution < 1.29 is 9.53 Å². The second-order valence-electron chi connectivity index (χ2n) is 3.29. The van der Waals surface area contributed by atoms with Gasteiger partial charge in [-0.25, -0.2) is 0 Å². The highest BCUT2D eigenvalue weighted by atomic mass is 16.6. The van der Waals surface area contributed by atoms with Gasteiger partial charge in [0.1, 0.15) is 6.10 Å². The van der Waals surface area contributed by atoms with Gasteiger partial charge in [-0.1, -0.05) is 27.2 Å². The van der Waals surface area contributed by atoms with Crippen molar-refractivity contribution >= 4 is 5.97 Å². The van der Waals surface area contributed by atoms with Gasteiger partial charge in [0.2, 0.25) is 0 Å². The Labute approximate surface area is 67.9 Å². The van der Waals surface area contributed by atoms with Gasteiger partial charge in [0.15, 0.2) is 0 Å². The normalized spacial score (nSPS) is 32.5. The van der Waals surface area contributed by atoms with Gasteiger partial charge in [0.25, 0.3) is 0 Å². The van der Waals surface area contributed by atoms with Crippen LogP contribution in [0.25, 0.3) is 0 Å². The Morgan fingerprint density at radius 3 is 2.55 bits per heavy atom. The smallest absolute Gasteiger partial charge is 0.313 e. The molecule has 0 aromatic heterocycles. The molecule has 2 nitrogen and oxygen atoms in total. The van der Waals surface area contributed by atoms with E-state index in [9.17, 15) is 4.79 Å². The fraction of sp³-hybridized carbons (Fsp3) is 0.889. The molecule has 64 valence electrons. The number of hydrogen-bond donors (Lipinski definition) is 0. The monoisotopic (exact) mass is 156 g/mol. The topological polar surface area (TPSA) is 26.3 Å². The van der Waals surface area contributed by atoms with Gasteiger partial charge in [0.05, 0.1) is 5.92 Å². The summed E-state index contributed by atoms with van der Waals surface area (Å²) in [6.07, 6.45) is 2.23. The molecule has 1 fully saturated rings. The molecule has 0 spiro atoms. The molecule has 1 aliphatic rings. The molecule has 0 saturated carbocycles. The van der Waals surface area contributed by atoms with Gasteiger partial charge < -0.3 is 4.74 Å². The maximum Gasteiger partial charge on any atom is 0.313 e. The quantitative estimate of drug-likeness (QED) is 0.584. The standard InChI is InChI=1S/C9H16O2/c1-4-6(3)8-7(5-2)11-9(8)10/h6-8H,4-5H2,1-3H3. The largest absolute Gasteiger partial charge is 0.461 e. The number of cyclic esters (lactones) is 1. The number of ether oxygens (including phenoxy) is 1. The third-order valence-electron chi connectivity index (χ3n) is 2.60. The molecule has 1 rings (SSSR count). The Bertz CT molecular complexity index is 148. The predicted molar refractivity (Wildman–Crippen MR) is 43.1 cm³/mol. The van der Waals surface area contributed by atoms with Crippen molar-refractivity contribution in [3.8, 4) is 0 Å². The maximum atomic E-state index is 11.0. The zero-order valence-corrected chi connectivity index (χ0v) is 7.46. The van der Waals surface area contributed by atoms with E-state index in [2.05, 4.69) is 20.8 Å². The summed E-state index contributed by atoms with van der Waals surface area (Å²) in [6, 6.07) is 0. The van der Waals surface area contributed by atoms with Crippen LogP contribution in [-0.4, -0.2) is 12.1 Å². The van der Waals surface area contributed by atoms with Crippen molar-refractivity contribution in [2.45, 2.75) is 39.7 Å². The molecule has 3 unspecified atom stereocenters. The molecule has 0 aromatic rings. The van der Waals surface area contributed by atoms with Crippen molar-refractivity contribution in [1.82, 2.24) is 0 Å². The summed E-state index contributed by atoms with van der Waals surface area (Å²) in [5.41, 5.74) is 0. The number of hydrogen-bond acceptors (Lipinski definition) is 2. The number of rotatable bonds is 3. The van der Waals surface area contributed by atoms with E-state index in [-0.39, 0.29) is 18.0 Å². The van der Waals surface area contributed by atoms with E-state index < -0.39 is 0 Å². The van der Waals surface area contributed by atoms with E-state index in [0.717, 1.165) is 12.8 Å². The summed E-state index contributed by atoms with van der Waals surface area (Å²) in [5, 5.41) is 0. The zero-order chi connectivity index (χ0) is 8.43. The van der Waals surface area contributed by atoms with Gasteiger partial charge in [-0.15, -0.1) is 0 Å². The Hall–Kier alpha value is -0.530. The molecular weight excluding hydrogens is 140 g/mol. The third-order valence-corrected chi connectivity index (χ3v) is 2.60. The first kappa shape index (κ1) is 8.57. The first-order chi connectivity index (χ1) is 5.20. The first-order valence-electron chi connectivity index (χ1n) is 4.41. The minimum absolute atomic E-state index is 0.00574. The Morgan fingerprint density at radius 2 is 2.18 bits per heavy atom. The molecule has 11 heavy (non-hydrogen) atoms. The van der Waals surface area contributed by atoms with Crippen molar-refractivity contribution in [3.63, 3.8) is 0 Å². The van der Waals surface area contributed by atoms with Crippen molar-refractivity contribution in [3.05, 3.63) is 0 Å². The molecule has 0 N–H and O–H groups in total. The SMILES string of the molecule is CCC(C)C1C(=O)OC1CC. The van der Waals surface area contributed by atoms with E-state index in [0.29, 0.717) is 5.92 Å². The van der Waals surface area contributed by atoms with Gasteiger partial charge >= 0.3 is 5.97 Å². The number of carbonyl (C=O) groups excluding carboxylic acids is 1. The van der Waals surface area contributed by atoms with Crippen LogP contribution in [0.15, 0.2) is 0 Å². The lowest BCUT2D eigenvalue weighted by atomic mass is 9.82. The van der Waals surface area contributed by atoms with Crippen LogP contribution in [0.5, 0.6) is 0 Å². The van der Waals surface area contributed by atoms with E-state index in [4.69, 9.17) is 4.74 Å². The lowest BCUT2D eigenvalue weighted by Crippen LogP contribution is -2.47. The average Bonchev–Trinajstić information content (AvgIpc) is 1.99. The van der Waals surface area contributed by atoms with E-state index >= 15 is 0 Å². The highest BCUT2D eigenvalue weighted by molar-refractivity contribution is 5.78. The molecular formula is C9H16O2. The van der Waals surface area contributed by atoms with Crippen LogP contribution in [0.3, 0.4) is 0 Å². The fourth-order valence-electron chi connectivity index (χ4n) is 1.57. The fourth-order valence-corrected chi connectivity index (χ4v) is 1.57. The highest BCUT2D eigenvalue weighted by Gasteiger charge is 2.43. The second kappa shape index (κ2) is 3.24. The van der Waals surface area contributed by atoms with Crippen LogP contribution in [0.1, 0.15) is 33.6 Å². The summed E-state index contributed by atoms with van der Waals surface area (Å²) in [7, 11) is 0. The first-order valence-corrected chi connectivity index (χ1v) is 4.41. The van der Waals surface area contributed by atoms with Crippen LogP contribution in [0.2, 0.25) is 0 Å². The molecule has 0 aromatic carbocycles. The van der Waals surface area contributed by atoms with Crippen molar-refractivity contribution in [1.29, 1.82) is 0 Å². The van der Waals surface area contributed by atoms with Gasteiger partial charge in [-0.3, -0.25) is 4.79 Å². The van der Waals surface area contributed by atoms with Crippen LogP contribution < -0.4 is 0 Å². The minimum atomic E-state index is 0.00574. The Kier molecular flexibility index (Phi) is 2.53. The summed E-state index contributed by atoms with van der Waals surface area (Å²) in [6.45, 7) is 6.29. The minimum Gasteiger partial charge on any atom is -0.461 e. The predicted octanol–water partition coefficient (Wildman–Crippen LogP) is 1.98. The summed E-state index contributed by atoms with van der Waals surface area (Å²) >= 11 is 0. The van der Waals surface area contributed by atoms with Gasteiger partial charge in [-0.05, 0) is 12.3 Å². The molecule has 0 radical (unpaired) electrons. The van der Waals surface area contributed by atoms with Crippen LogP contribution in [0, 0.1) is 11.8 Å². The van der Waals surface area contributed by atoms with E-state index in [1.165, 1.54) is 0 Å². The Morgan fingerprint density at radius 1 is 1.55 bits per heavy atom. The van der Waals surface area contributed by atoms with E-state index in [1.807, 2.05) is 0 Å². The summed E-state index contributed by atoms with van der Waals surface area (Å²) < 4.78 is 4.98.